The summed E-state index contributed by atoms with van der Waals surface area (Å²) in [5, 5.41) is 11.4. The lowest BCUT2D eigenvalue weighted by molar-refractivity contribution is -0.152. The average molecular weight is 291 g/mol. The Balaban J connectivity index is 1.44. The first-order valence-corrected chi connectivity index (χ1v) is 8.46. The van der Waals surface area contributed by atoms with Crippen LogP contribution in [0.15, 0.2) is 24.3 Å². The summed E-state index contributed by atoms with van der Waals surface area (Å²) in [4.78, 5) is 0. The van der Waals surface area contributed by atoms with Gasteiger partial charge in [-0.3, -0.25) is 0 Å². The zero-order valence-electron chi connectivity index (χ0n) is 11.9. The second kappa shape index (κ2) is 4.74. The van der Waals surface area contributed by atoms with Gasteiger partial charge in [-0.15, -0.1) is 0 Å². The zero-order chi connectivity index (χ0) is 13.7. The van der Waals surface area contributed by atoms with Gasteiger partial charge in [0.1, 0.15) is 0 Å². The Morgan fingerprint density at radius 2 is 1.70 bits per heavy atom. The number of aliphatic hydroxyl groups is 1. The third-order valence-corrected chi connectivity index (χ3v) is 6.37. The van der Waals surface area contributed by atoms with Crippen LogP contribution in [0.5, 0.6) is 0 Å². The molecule has 0 heterocycles. The molecule has 0 aliphatic heterocycles. The Kier molecular flexibility index (Phi) is 3.12. The minimum atomic E-state index is -0.284. The van der Waals surface area contributed by atoms with Crippen LogP contribution < -0.4 is 0 Å². The highest BCUT2D eigenvalue weighted by Gasteiger charge is 2.54. The molecule has 2 heteroatoms. The quantitative estimate of drug-likeness (QED) is 0.871. The second-order valence-electron chi connectivity index (χ2n) is 7.52. The van der Waals surface area contributed by atoms with Gasteiger partial charge in [0, 0.05) is 5.02 Å². The van der Waals surface area contributed by atoms with Gasteiger partial charge in [-0.05, 0) is 86.3 Å². The normalized spacial score (nSPS) is 42.1. The van der Waals surface area contributed by atoms with Gasteiger partial charge in [-0.25, -0.2) is 0 Å². The fraction of sp³-hybridized carbons (Fsp3) is 0.667. The van der Waals surface area contributed by atoms with Crippen molar-refractivity contribution in [3.8, 4) is 0 Å². The highest BCUT2D eigenvalue weighted by Crippen LogP contribution is 2.59. The van der Waals surface area contributed by atoms with Crippen molar-refractivity contribution < 1.29 is 5.11 Å². The van der Waals surface area contributed by atoms with Crippen molar-refractivity contribution in [2.45, 2.75) is 50.5 Å². The summed E-state index contributed by atoms with van der Waals surface area (Å²) < 4.78 is 0. The largest absolute Gasteiger partial charge is 0.390 e. The number of aryl methyl sites for hydroxylation is 1. The van der Waals surface area contributed by atoms with Crippen LogP contribution in [0.1, 0.15) is 44.1 Å². The van der Waals surface area contributed by atoms with Crippen molar-refractivity contribution in [1.29, 1.82) is 0 Å². The molecule has 1 aromatic rings. The monoisotopic (exact) mass is 290 g/mol. The van der Waals surface area contributed by atoms with E-state index < -0.39 is 0 Å². The molecule has 4 aliphatic carbocycles. The minimum Gasteiger partial charge on any atom is -0.390 e. The Morgan fingerprint density at radius 3 is 2.30 bits per heavy atom. The lowest BCUT2D eigenvalue weighted by Crippen LogP contribution is -2.54. The fourth-order valence-corrected chi connectivity index (χ4v) is 5.67. The Hall–Kier alpha value is -0.530. The molecule has 2 atom stereocenters. The molecule has 4 bridgehead atoms. The topological polar surface area (TPSA) is 20.2 Å². The molecule has 1 aromatic carbocycles. The first kappa shape index (κ1) is 13.2. The SMILES string of the molecule is OC12CC3CC(C1)C(CCc1ccc(Cl)cc1)C(C3)C2. The van der Waals surface area contributed by atoms with E-state index in [1.165, 1.54) is 24.8 Å². The summed E-state index contributed by atoms with van der Waals surface area (Å²) in [7, 11) is 0. The Bertz CT molecular complexity index is 479. The molecule has 4 saturated carbocycles. The maximum absolute atomic E-state index is 10.6. The maximum Gasteiger partial charge on any atom is 0.0656 e. The molecular formula is C18H23ClO. The first-order chi connectivity index (χ1) is 9.61. The molecule has 4 aliphatic rings. The molecule has 1 N–H and O–H groups in total. The van der Waals surface area contributed by atoms with Crippen LogP contribution in [-0.2, 0) is 6.42 Å². The van der Waals surface area contributed by atoms with Gasteiger partial charge < -0.3 is 5.11 Å². The summed E-state index contributed by atoms with van der Waals surface area (Å²) in [6.45, 7) is 0. The van der Waals surface area contributed by atoms with E-state index in [2.05, 4.69) is 12.1 Å². The number of rotatable bonds is 3. The van der Waals surface area contributed by atoms with Crippen molar-refractivity contribution >= 4 is 11.6 Å². The molecule has 2 unspecified atom stereocenters. The summed E-state index contributed by atoms with van der Waals surface area (Å²) in [6.07, 6.45) is 8.45. The predicted octanol–water partition coefficient (Wildman–Crippen LogP) is 4.46. The van der Waals surface area contributed by atoms with Gasteiger partial charge >= 0.3 is 0 Å². The van der Waals surface area contributed by atoms with Gasteiger partial charge in [-0.2, -0.15) is 0 Å². The van der Waals surface area contributed by atoms with Crippen molar-refractivity contribution in [2.24, 2.45) is 23.7 Å². The van der Waals surface area contributed by atoms with Crippen LogP contribution in [0, 0.1) is 23.7 Å². The van der Waals surface area contributed by atoms with E-state index in [1.54, 1.807) is 0 Å². The van der Waals surface area contributed by atoms with Crippen molar-refractivity contribution in [3.05, 3.63) is 34.9 Å². The van der Waals surface area contributed by atoms with E-state index in [-0.39, 0.29) is 5.60 Å². The van der Waals surface area contributed by atoms with E-state index in [0.717, 1.165) is 54.4 Å². The summed E-state index contributed by atoms with van der Waals surface area (Å²) >= 11 is 5.95. The first-order valence-electron chi connectivity index (χ1n) is 8.08. The molecule has 1 nitrogen and oxygen atoms in total. The van der Waals surface area contributed by atoms with Crippen LogP contribution in [0.25, 0.3) is 0 Å². The van der Waals surface area contributed by atoms with Gasteiger partial charge in [0.15, 0.2) is 0 Å². The van der Waals surface area contributed by atoms with Crippen molar-refractivity contribution in [1.82, 2.24) is 0 Å². The molecule has 0 radical (unpaired) electrons. The molecule has 0 aromatic heterocycles. The van der Waals surface area contributed by atoms with E-state index in [1.807, 2.05) is 12.1 Å². The van der Waals surface area contributed by atoms with Crippen LogP contribution in [-0.4, -0.2) is 10.7 Å². The molecule has 5 rings (SSSR count). The highest BCUT2D eigenvalue weighted by molar-refractivity contribution is 6.30. The molecule has 20 heavy (non-hydrogen) atoms. The lowest BCUT2D eigenvalue weighted by Gasteiger charge is -2.58. The van der Waals surface area contributed by atoms with Crippen LogP contribution in [0.2, 0.25) is 5.02 Å². The number of benzene rings is 1. The predicted molar refractivity (Wildman–Crippen MR) is 81.8 cm³/mol. The number of hydrogen-bond acceptors (Lipinski definition) is 1. The Morgan fingerprint density at radius 1 is 1.05 bits per heavy atom. The van der Waals surface area contributed by atoms with Crippen molar-refractivity contribution in [3.63, 3.8) is 0 Å². The highest BCUT2D eigenvalue weighted by atomic mass is 35.5. The van der Waals surface area contributed by atoms with Gasteiger partial charge in [0.2, 0.25) is 0 Å². The second-order valence-corrected chi connectivity index (χ2v) is 7.96. The van der Waals surface area contributed by atoms with E-state index in [0.29, 0.717) is 0 Å². The lowest BCUT2D eigenvalue weighted by atomic mass is 9.49. The maximum atomic E-state index is 10.6. The van der Waals surface area contributed by atoms with Crippen LogP contribution >= 0.6 is 11.6 Å². The number of halogens is 1. The summed E-state index contributed by atoms with van der Waals surface area (Å²) in [5.74, 6) is 3.25. The summed E-state index contributed by atoms with van der Waals surface area (Å²) in [6, 6.07) is 8.31. The third-order valence-electron chi connectivity index (χ3n) is 6.12. The minimum absolute atomic E-state index is 0.284. The van der Waals surface area contributed by atoms with Crippen LogP contribution in [0.3, 0.4) is 0 Å². The third kappa shape index (κ3) is 2.29. The van der Waals surface area contributed by atoms with Gasteiger partial charge in [-0.1, -0.05) is 23.7 Å². The molecule has 108 valence electrons. The summed E-state index contributed by atoms with van der Waals surface area (Å²) in [5.41, 5.74) is 1.12. The van der Waals surface area contributed by atoms with Gasteiger partial charge in [0.05, 0.1) is 5.60 Å². The van der Waals surface area contributed by atoms with Crippen molar-refractivity contribution in [2.75, 3.05) is 0 Å². The molecule has 0 amide bonds. The molecule has 0 spiro atoms. The van der Waals surface area contributed by atoms with E-state index in [9.17, 15) is 5.11 Å². The van der Waals surface area contributed by atoms with Crippen LogP contribution in [0.4, 0.5) is 0 Å². The molecule has 0 saturated heterocycles. The average Bonchev–Trinajstić information content (AvgIpc) is 2.38. The van der Waals surface area contributed by atoms with Gasteiger partial charge in [0.25, 0.3) is 0 Å². The van der Waals surface area contributed by atoms with E-state index in [4.69, 9.17) is 11.6 Å². The Labute approximate surface area is 126 Å². The smallest absolute Gasteiger partial charge is 0.0656 e. The number of hydrogen-bond donors (Lipinski definition) is 1. The zero-order valence-corrected chi connectivity index (χ0v) is 12.6. The van der Waals surface area contributed by atoms with E-state index >= 15 is 0 Å². The molecule has 4 fully saturated rings. The standard InChI is InChI=1S/C18H23ClO/c19-16-4-1-12(2-5-16)3-6-17-14-7-13-8-15(17)11-18(20,9-13)10-14/h1-2,4-5,13-15,17,20H,3,6-11H2. The molecular weight excluding hydrogens is 268 g/mol. The fourth-order valence-electron chi connectivity index (χ4n) is 5.54.